The van der Waals surface area contributed by atoms with Crippen LogP contribution >= 0.6 is 0 Å². The topological polar surface area (TPSA) is 64.7 Å². The minimum atomic E-state index is 0.538. The van der Waals surface area contributed by atoms with Crippen LogP contribution < -0.4 is 0 Å². The van der Waals surface area contributed by atoms with E-state index in [1.165, 1.54) is 6.26 Å². The molecule has 0 N–H and O–H groups in total. The lowest BCUT2D eigenvalue weighted by Gasteiger charge is -1.93. The van der Waals surface area contributed by atoms with Crippen molar-refractivity contribution in [2.75, 3.05) is 0 Å². The third kappa shape index (κ3) is 1.16. The summed E-state index contributed by atoms with van der Waals surface area (Å²) >= 11 is 0. The summed E-state index contributed by atoms with van der Waals surface area (Å²) in [5.74, 6) is 0.538. The molecule has 0 amide bonds. The van der Waals surface area contributed by atoms with E-state index in [9.17, 15) is 0 Å². The number of hydrogen-bond acceptors (Lipinski definition) is 5. The predicted octanol–water partition coefficient (Wildman–Crippen LogP) is 0.835. The van der Waals surface area contributed by atoms with Crippen LogP contribution in [0, 0.1) is 6.92 Å². The van der Waals surface area contributed by atoms with Crippen LogP contribution in [0.3, 0.4) is 0 Å². The molecular weight excluding hydrogens is 156 g/mol. The highest BCUT2D eigenvalue weighted by atomic mass is 16.5. The fourth-order valence-corrected chi connectivity index (χ4v) is 0.834. The van der Waals surface area contributed by atoms with E-state index < -0.39 is 0 Å². The van der Waals surface area contributed by atoms with Crippen LogP contribution in [0.1, 0.15) is 5.69 Å². The van der Waals surface area contributed by atoms with Crippen molar-refractivity contribution in [3.05, 3.63) is 24.2 Å². The van der Waals surface area contributed by atoms with E-state index in [-0.39, 0.29) is 0 Å². The van der Waals surface area contributed by atoms with Crippen molar-refractivity contribution in [3.63, 3.8) is 0 Å². The van der Waals surface area contributed by atoms with Gasteiger partial charge in [0.25, 0.3) is 0 Å². The Bertz CT molecular complexity index is 371. The fourth-order valence-electron chi connectivity index (χ4n) is 0.834. The molecule has 0 aliphatic carbocycles. The normalized spacial score (nSPS) is 10.1. The standard InChI is InChI=1S/C7H6N4O/c1-5-2-3-8-7(9-5)6-4-12-11-10-6/h2-4H,1H3. The maximum Gasteiger partial charge on any atom is 0.183 e. The number of nitrogens with zero attached hydrogens (tertiary/aromatic N) is 4. The largest absolute Gasteiger partial charge is 0.345 e. The number of aryl methyl sites for hydroxylation is 1. The lowest BCUT2D eigenvalue weighted by atomic mass is 10.4. The second-order valence-corrected chi connectivity index (χ2v) is 2.31. The van der Waals surface area contributed by atoms with E-state index in [0.717, 1.165) is 5.69 Å². The van der Waals surface area contributed by atoms with E-state index in [2.05, 4.69) is 24.9 Å². The molecular formula is C7H6N4O. The maximum atomic E-state index is 4.57. The van der Waals surface area contributed by atoms with Crippen LogP contribution in [0.15, 0.2) is 23.0 Å². The highest BCUT2D eigenvalue weighted by Gasteiger charge is 2.04. The number of hydrogen-bond donors (Lipinski definition) is 0. The van der Waals surface area contributed by atoms with Gasteiger partial charge in [0, 0.05) is 17.2 Å². The highest BCUT2D eigenvalue weighted by Crippen LogP contribution is 2.08. The molecule has 0 atom stereocenters. The van der Waals surface area contributed by atoms with Crippen molar-refractivity contribution >= 4 is 0 Å². The Morgan fingerprint density at radius 1 is 1.42 bits per heavy atom. The first-order valence-electron chi connectivity index (χ1n) is 3.43. The first kappa shape index (κ1) is 6.90. The molecule has 60 valence electrons. The minimum absolute atomic E-state index is 0.538. The molecule has 2 aromatic heterocycles. The summed E-state index contributed by atoms with van der Waals surface area (Å²) in [6.45, 7) is 1.89. The summed E-state index contributed by atoms with van der Waals surface area (Å²) in [6, 6.07) is 1.82. The van der Waals surface area contributed by atoms with Crippen molar-refractivity contribution in [3.8, 4) is 11.5 Å². The van der Waals surface area contributed by atoms with Gasteiger partial charge in [0.1, 0.15) is 0 Å². The molecule has 0 radical (unpaired) electrons. The predicted molar refractivity (Wildman–Crippen MR) is 40.1 cm³/mol. The third-order valence-corrected chi connectivity index (χ3v) is 1.38. The minimum Gasteiger partial charge on any atom is -0.345 e. The number of aromatic nitrogens is 4. The van der Waals surface area contributed by atoms with Crippen LogP contribution in [-0.4, -0.2) is 20.3 Å². The smallest absolute Gasteiger partial charge is 0.183 e. The Morgan fingerprint density at radius 2 is 2.33 bits per heavy atom. The molecule has 0 bridgehead atoms. The molecule has 0 aliphatic rings. The Hall–Kier alpha value is -1.78. The molecule has 5 nitrogen and oxygen atoms in total. The molecule has 0 aromatic carbocycles. The molecule has 0 spiro atoms. The van der Waals surface area contributed by atoms with Crippen LogP contribution in [-0.2, 0) is 0 Å². The van der Waals surface area contributed by atoms with Gasteiger partial charge in [0.05, 0.1) is 0 Å². The van der Waals surface area contributed by atoms with E-state index >= 15 is 0 Å². The van der Waals surface area contributed by atoms with Crippen LogP contribution in [0.2, 0.25) is 0 Å². The molecule has 2 heterocycles. The summed E-state index contributed by atoms with van der Waals surface area (Å²) in [5, 5.41) is 7.01. The number of rotatable bonds is 1. The van der Waals surface area contributed by atoms with Gasteiger partial charge in [0.15, 0.2) is 17.8 Å². The van der Waals surface area contributed by atoms with E-state index in [4.69, 9.17) is 0 Å². The Labute approximate surface area is 68.4 Å². The molecule has 2 rings (SSSR count). The van der Waals surface area contributed by atoms with Gasteiger partial charge in [-0.15, -0.1) is 5.10 Å². The summed E-state index contributed by atoms with van der Waals surface area (Å²) < 4.78 is 4.57. The monoisotopic (exact) mass is 162 g/mol. The van der Waals surface area contributed by atoms with E-state index in [1.807, 2.05) is 13.0 Å². The van der Waals surface area contributed by atoms with Crippen LogP contribution in [0.5, 0.6) is 0 Å². The highest BCUT2D eigenvalue weighted by molar-refractivity contribution is 5.45. The quantitative estimate of drug-likeness (QED) is 0.621. The fraction of sp³-hybridized carbons (Fsp3) is 0.143. The van der Waals surface area contributed by atoms with Gasteiger partial charge in [-0.25, -0.2) is 9.97 Å². The van der Waals surface area contributed by atoms with Gasteiger partial charge < -0.3 is 4.52 Å². The van der Waals surface area contributed by atoms with Crippen molar-refractivity contribution in [1.82, 2.24) is 20.3 Å². The third-order valence-electron chi connectivity index (χ3n) is 1.38. The van der Waals surface area contributed by atoms with Gasteiger partial charge in [-0.3, -0.25) is 0 Å². The van der Waals surface area contributed by atoms with Crippen molar-refractivity contribution in [1.29, 1.82) is 0 Å². The van der Waals surface area contributed by atoms with Crippen LogP contribution in [0.4, 0.5) is 0 Å². The zero-order valence-electron chi connectivity index (χ0n) is 6.43. The van der Waals surface area contributed by atoms with Crippen molar-refractivity contribution < 1.29 is 4.52 Å². The molecule has 12 heavy (non-hydrogen) atoms. The van der Waals surface area contributed by atoms with Gasteiger partial charge in [0.2, 0.25) is 0 Å². The van der Waals surface area contributed by atoms with Gasteiger partial charge in [-0.05, 0) is 13.0 Å². The Morgan fingerprint density at radius 3 is 3.00 bits per heavy atom. The first-order valence-corrected chi connectivity index (χ1v) is 3.43. The molecule has 0 saturated carbocycles. The average Bonchev–Trinajstić information content (AvgIpc) is 2.56. The summed E-state index contributed by atoms with van der Waals surface area (Å²) in [4.78, 5) is 8.15. The van der Waals surface area contributed by atoms with Crippen molar-refractivity contribution in [2.24, 2.45) is 0 Å². The summed E-state index contributed by atoms with van der Waals surface area (Å²) in [5.41, 5.74) is 1.45. The van der Waals surface area contributed by atoms with E-state index in [0.29, 0.717) is 11.5 Å². The second-order valence-electron chi connectivity index (χ2n) is 2.31. The SMILES string of the molecule is Cc1ccnc(-c2conn2)n1. The lowest BCUT2D eigenvalue weighted by Crippen LogP contribution is -1.90. The lowest BCUT2D eigenvalue weighted by molar-refractivity contribution is 0.393. The van der Waals surface area contributed by atoms with Gasteiger partial charge >= 0.3 is 0 Å². The van der Waals surface area contributed by atoms with Gasteiger partial charge in [-0.2, -0.15) is 0 Å². The zero-order chi connectivity index (χ0) is 8.39. The molecule has 2 aromatic rings. The Balaban J connectivity index is 2.48. The zero-order valence-corrected chi connectivity index (χ0v) is 6.43. The summed E-state index contributed by atoms with van der Waals surface area (Å²) in [7, 11) is 0. The molecule has 0 saturated heterocycles. The van der Waals surface area contributed by atoms with Crippen LogP contribution in [0.25, 0.3) is 11.5 Å². The molecule has 5 heteroatoms. The first-order chi connectivity index (χ1) is 5.86. The molecule has 0 fully saturated rings. The molecule has 0 aliphatic heterocycles. The van der Waals surface area contributed by atoms with E-state index in [1.54, 1.807) is 6.20 Å². The molecule has 0 unspecified atom stereocenters. The summed E-state index contributed by atoms with van der Waals surface area (Å²) in [6.07, 6.45) is 3.08. The second kappa shape index (κ2) is 2.69. The maximum absolute atomic E-state index is 4.57. The van der Waals surface area contributed by atoms with Crippen molar-refractivity contribution in [2.45, 2.75) is 6.92 Å². The average molecular weight is 162 g/mol. The Kier molecular flexibility index (Phi) is 1.55. The van der Waals surface area contributed by atoms with Gasteiger partial charge in [-0.1, -0.05) is 0 Å².